The van der Waals surface area contributed by atoms with Gasteiger partial charge in [-0.3, -0.25) is 0 Å². The van der Waals surface area contributed by atoms with E-state index >= 15 is 0 Å². The summed E-state index contributed by atoms with van der Waals surface area (Å²) in [6, 6.07) is 7.56. The number of hydrogen-bond acceptors (Lipinski definition) is 1. The van der Waals surface area contributed by atoms with Gasteiger partial charge in [-0.15, -0.1) is 0 Å². The molecule has 2 heteroatoms. The van der Waals surface area contributed by atoms with Crippen LogP contribution in [0, 0.1) is 0 Å². The maximum Gasteiger partial charge on any atom is 0.115 e. The zero-order chi connectivity index (χ0) is 16.8. The van der Waals surface area contributed by atoms with E-state index in [0.717, 1.165) is 0 Å². The summed E-state index contributed by atoms with van der Waals surface area (Å²) >= 11 is 3.76. The summed E-state index contributed by atoms with van der Waals surface area (Å²) in [6.45, 7) is 2.28. The van der Waals surface area contributed by atoms with Gasteiger partial charge in [-0.2, -0.15) is 0 Å². The van der Waals surface area contributed by atoms with Crippen LogP contribution in [0.15, 0.2) is 24.3 Å². The Kier molecular flexibility index (Phi) is 12.4. The lowest BCUT2D eigenvalue weighted by molar-refractivity contribution is 0.475. The van der Waals surface area contributed by atoms with E-state index in [1.807, 2.05) is 12.1 Å². The highest BCUT2D eigenvalue weighted by Crippen LogP contribution is 2.29. The summed E-state index contributed by atoms with van der Waals surface area (Å²) in [6.07, 6.45) is 18.0. The highest BCUT2D eigenvalue weighted by atomic mass is 79.9. The van der Waals surface area contributed by atoms with Gasteiger partial charge in [0.05, 0.1) is 0 Å². The van der Waals surface area contributed by atoms with Crippen molar-refractivity contribution in [2.75, 3.05) is 0 Å². The molecular formula is C21H35BrO. The quantitative estimate of drug-likeness (QED) is 0.255. The molecule has 1 aromatic carbocycles. The minimum Gasteiger partial charge on any atom is -0.508 e. The van der Waals surface area contributed by atoms with E-state index < -0.39 is 0 Å². The zero-order valence-corrected chi connectivity index (χ0v) is 16.5. The van der Waals surface area contributed by atoms with Gasteiger partial charge < -0.3 is 5.11 Å². The van der Waals surface area contributed by atoms with Crippen LogP contribution in [0.5, 0.6) is 5.75 Å². The van der Waals surface area contributed by atoms with E-state index in [1.54, 1.807) is 12.1 Å². The molecule has 1 nitrogen and oxygen atoms in total. The van der Waals surface area contributed by atoms with Crippen LogP contribution in [-0.4, -0.2) is 5.11 Å². The van der Waals surface area contributed by atoms with E-state index in [0.29, 0.717) is 10.6 Å². The number of aromatic hydroxyl groups is 1. The fourth-order valence-corrected chi connectivity index (χ4v) is 3.64. The fraction of sp³-hybridized carbons (Fsp3) is 0.714. The predicted octanol–water partition coefficient (Wildman–Crippen LogP) is 7.92. The molecule has 0 aromatic heterocycles. The second-order valence-corrected chi connectivity index (χ2v) is 7.84. The number of hydrogen-bond donors (Lipinski definition) is 1. The molecular weight excluding hydrogens is 348 g/mol. The summed E-state index contributed by atoms with van der Waals surface area (Å²) in [5, 5.41) is 9.31. The van der Waals surface area contributed by atoms with Crippen LogP contribution in [0.4, 0.5) is 0 Å². The van der Waals surface area contributed by atoms with Crippen molar-refractivity contribution in [2.45, 2.75) is 95.2 Å². The summed E-state index contributed by atoms with van der Waals surface area (Å²) in [4.78, 5) is 0.422. The number of phenolic OH excluding ortho intramolecular Hbond substituents is 1. The average molecular weight is 383 g/mol. The van der Waals surface area contributed by atoms with Crippen molar-refractivity contribution in [3.63, 3.8) is 0 Å². The van der Waals surface area contributed by atoms with E-state index in [9.17, 15) is 5.11 Å². The normalized spacial score (nSPS) is 12.4. The first-order chi connectivity index (χ1) is 11.2. The smallest absolute Gasteiger partial charge is 0.115 e. The monoisotopic (exact) mass is 382 g/mol. The van der Waals surface area contributed by atoms with Crippen LogP contribution in [0.25, 0.3) is 0 Å². The Morgan fingerprint density at radius 1 is 0.739 bits per heavy atom. The van der Waals surface area contributed by atoms with E-state index in [1.165, 1.54) is 89.0 Å². The molecule has 0 saturated heterocycles. The molecule has 0 fully saturated rings. The number of rotatable bonds is 14. The van der Waals surface area contributed by atoms with Crippen LogP contribution >= 0.6 is 15.9 Å². The Bertz CT molecular complexity index is 374. The zero-order valence-electron chi connectivity index (χ0n) is 14.9. The first-order valence-corrected chi connectivity index (χ1v) is 10.6. The molecule has 0 aliphatic rings. The van der Waals surface area contributed by atoms with Gasteiger partial charge in [0.1, 0.15) is 5.75 Å². The molecule has 0 radical (unpaired) electrons. The van der Waals surface area contributed by atoms with Crippen LogP contribution in [0.1, 0.15) is 101 Å². The van der Waals surface area contributed by atoms with Gasteiger partial charge in [0.25, 0.3) is 0 Å². The fourth-order valence-electron chi connectivity index (χ4n) is 3.01. The summed E-state index contributed by atoms with van der Waals surface area (Å²) in [5.74, 6) is 0.346. The summed E-state index contributed by atoms with van der Waals surface area (Å²) in [5.41, 5.74) is 1.27. The van der Waals surface area contributed by atoms with Crippen molar-refractivity contribution in [3.05, 3.63) is 29.8 Å². The first kappa shape index (κ1) is 20.5. The Labute approximate surface area is 152 Å². The molecule has 23 heavy (non-hydrogen) atoms. The maximum absolute atomic E-state index is 9.31. The number of phenols is 1. The molecule has 0 aliphatic carbocycles. The molecule has 1 unspecified atom stereocenters. The Morgan fingerprint density at radius 3 is 1.65 bits per heavy atom. The maximum atomic E-state index is 9.31. The van der Waals surface area contributed by atoms with Gasteiger partial charge in [0, 0.05) is 4.83 Å². The van der Waals surface area contributed by atoms with Crippen molar-refractivity contribution in [3.8, 4) is 5.75 Å². The van der Waals surface area contributed by atoms with Crippen LogP contribution in [-0.2, 0) is 0 Å². The first-order valence-electron chi connectivity index (χ1n) is 9.67. The summed E-state index contributed by atoms with van der Waals surface area (Å²) in [7, 11) is 0. The molecule has 0 saturated carbocycles. The third-order valence-electron chi connectivity index (χ3n) is 4.57. The molecule has 1 atom stereocenters. The van der Waals surface area contributed by atoms with Gasteiger partial charge in [-0.05, 0) is 24.1 Å². The highest BCUT2D eigenvalue weighted by molar-refractivity contribution is 9.09. The Balaban J connectivity index is 1.88. The molecule has 0 heterocycles. The van der Waals surface area contributed by atoms with Crippen molar-refractivity contribution in [1.82, 2.24) is 0 Å². The Morgan fingerprint density at radius 2 is 1.17 bits per heavy atom. The predicted molar refractivity (Wildman–Crippen MR) is 105 cm³/mol. The molecule has 132 valence electrons. The van der Waals surface area contributed by atoms with E-state index in [-0.39, 0.29) is 0 Å². The minimum absolute atomic E-state index is 0.346. The number of alkyl halides is 1. The van der Waals surface area contributed by atoms with Gasteiger partial charge in [-0.25, -0.2) is 0 Å². The SMILES string of the molecule is CCCCCCCCCCCCCCC(Br)c1ccc(O)cc1. The van der Waals surface area contributed by atoms with Gasteiger partial charge >= 0.3 is 0 Å². The van der Waals surface area contributed by atoms with Crippen molar-refractivity contribution >= 4 is 15.9 Å². The Hall–Kier alpha value is -0.500. The number of unbranched alkanes of at least 4 members (excludes halogenated alkanes) is 11. The largest absolute Gasteiger partial charge is 0.508 e. The molecule has 1 N–H and O–H groups in total. The van der Waals surface area contributed by atoms with Crippen LogP contribution < -0.4 is 0 Å². The summed E-state index contributed by atoms with van der Waals surface area (Å²) < 4.78 is 0. The lowest BCUT2D eigenvalue weighted by Crippen LogP contribution is -1.90. The topological polar surface area (TPSA) is 20.2 Å². The van der Waals surface area contributed by atoms with Gasteiger partial charge in [-0.1, -0.05) is 112 Å². The molecule has 0 amide bonds. The number of halogens is 1. The van der Waals surface area contributed by atoms with Crippen molar-refractivity contribution < 1.29 is 5.11 Å². The van der Waals surface area contributed by atoms with E-state index in [2.05, 4.69) is 22.9 Å². The average Bonchev–Trinajstić information content (AvgIpc) is 2.56. The van der Waals surface area contributed by atoms with Gasteiger partial charge in [0.2, 0.25) is 0 Å². The molecule has 1 aromatic rings. The standard InChI is InChI=1S/C21H35BrO/c1-2-3-4-5-6-7-8-9-10-11-12-13-14-21(22)19-15-17-20(23)18-16-19/h15-18,21,23H,2-14H2,1H3. The van der Waals surface area contributed by atoms with Crippen molar-refractivity contribution in [2.24, 2.45) is 0 Å². The molecule has 0 aliphatic heterocycles. The van der Waals surface area contributed by atoms with E-state index in [4.69, 9.17) is 0 Å². The lowest BCUT2D eigenvalue weighted by Gasteiger charge is -2.10. The van der Waals surface area contributed by atoms with Crippen molar-refractivity contribution in [1.29, 1.82) is 0 Å². The second kappa shape index (κ2) is 13.9. The molecule has 0 bridgehead atoms. The molecule has 1 rings (SSSR count). The lowest BCUT2D eigenvalue weighted by atomic mass is 10.0. The third kappa shape index (κ3) is 10.8. The van der Waals surface area contributed by atoms with Gasteiger partial charge in [0.15, 0.2) is 0 Å². The second-order valence-electron chi connectivity index (χ2n) is 6.74. The van der Waals surface area contributed by atoms with Crippen LogP contribution in [0.3, 0.4) is 0 Å². The number of benzene rings is 1. The third-order valence-corrected chi connectivity index (χ3v) is 5.55. The van der Waals surface area contributed by atoms with Crippen LogP contribution in [0.2, 0.25) is 0 Å². The highest BCUT2D eigenvalue weighted by Gasteiger charge is 2.06. The molecule has 0 spiro atoms. The minimum atomic E-state index is 0.346.